The zero-order chi connectivity index (χ0) is 13.0. The van der Waals surface area contributed by atoms with Gasteiger partial charge in [0.25, 0.3) is 0 Å². The van der Waals surface area contributed by atoms with Gasteiger partial charge in [-0.05, 0) is 26.7 Å². The zero-order valence-electron chi connectivity index (χ0n) is 11.0. The molecule has 1 aliphatic carbocycles. The Labute approximate surface area is 108 Å². The minimum Gasteiger partial charge on any atom is -0.478 e. The highest BCUT2D eigenvalue weighted by Gasteiger charge is 2.24. The summed E-state index contributed by atoms with van der Waals surface area (Å²) < 4.78 is 5.38. The van der Waals surface area contributed by atoms with E-state index in [0.29, 0.717) is 24.2 Å². The molecular weight excluding hydrogens is 230 g/mol. The lowest BCUT2D eigenvalue weighted by atomic mass is 10.1. The Kier molecular flexibility index (Phi) is 4.36. The molecule has 0 amide bonds. The number of rotatable bonds is 5. The van der Waals surface area contributed by atoms with Crippen molar-refractivity contribution in [1.29, 1.82) is 0 Å². The van der Waals surface area contributed by atoms with Crippen LogP contribution in [0.2, 0.25) is 0 Å². The molecule has 1 aliphatic rings. The second-order valence-corrected chi connectivity index (χ2v) is 4.71. The standard InChI is InChI=1S/C13H21N3O2/c1-3-18-13-7-12(15-9(2)16-13)14-8-10-5-4-6-11(10)17/h7,10-11,17H,3-6,8H2,1-2H3,(H,14,15,16). The van der Waals surface area contributed by atoms with Crippen molar-refractivity contribution in [2.24, 2.45) is 5.92 Å². The highest BCUT2D eigenvalue weighted by Crippen LogP contribution is 2.25. The summed E-state index contributed by atoms with van der Waals surface area (Å²) in [6, 6.07) is 1.80. The Morgan fingerprint density at radius 2 is 2.28 bits per heavy atom. The van der Waals surface area contributed by atoms with Crippen molar-refractivity contribution in [2.75, 3.05) is 18.5 Å². The first kappa shape index (κ1) is 13.1. The average Bonchev–Trinajstić information content (AvgIpc) is 2.72. The second kappa shape index (κ2) is 6.00. The molecule has 0 aliphatic heterocycles. The first-order valence-electron chi connectivity index (χ1n) is 6.59. The van der Waals surface area contributed by atoms with Crippen LogP contribution in [0.3, 0.4) is 0 Å². The molecule has 0 aromatic carbocycles. The Bertz CT molecular complexity index is 398. The molecule has 1 heterocycles. The SMILES string of the molecule is CCOc1cc(NCC2CCCC2O)nc(C)n1. The van der Waals surface area contributed by atoms with Crippen molar-refractivity contribution in [3.63, 3.8) is 0 Å². The molecule has 1 aromatic rings. The van der Waals surface area contributed by atoms with Gasteiger partial charge in [0.1, 0.15) is 11.6 Å². The van der Waals surface area contributed by atoms with Gasteiger partial charge in [-0.15, -0.1) is 0 Å². The molecule has 2 unspecified atom stereocenters. The van der Waals surface area contributed by atoms with Gasteiger partial charge in [0, 0.05) is 18.5 Å². The predicted octanol–water partition coefficient (Wildman–Crippen LogP) is 1.76. The van der Waals surface area contributed by atoms with Gasteiger partial charge in [0.15, 0.2) is 0 Å². The van der Waals surface area contributed by atoms with E-state index >= 15 is 0 Å². The fraction of sp³-hybridized carbons (Fsp3) is 0.692. The van der Waals surface area contributed by atoms with Crippen LogP contribution in [0.4, 0.5) is 5.82 Å². The number of aryl methyl sites for hydroxylation is 1. The van der Waals surface area contributed by atoms with Gasteiger partial charge in [0.05, 0.1) is 12.7 Å². The number of nitrogens with zero attached hydrogens (tertiary/aromatic N) is 2. The van der Waals surface area contributed by atoms with Gasteiger partial charge >= 0.3 is 0 Å². The fourth-order valence-corrected chi connectivity index (χ4v) is 2.34. The van der Waals surface area contributed by atoms with E-state index in [1.807, 2.05) is 13.8 Å². The van der Waals surface area contributed by atoms with Crippen LogP contribution in [0.25, 0.3) is 0 Å². The molecule has 1 aromatic heterocycles. The molecule has 100 valence electrons. The van der Waals surface area contributed by atoms with E-state index in [2.05, 4.69) is 15.3 Å². The summed E-state index contributed by atoms with van der Waals surface area (Å²) in [6.45, 7) is 5.12. The number of aliphatic hydroxyl groups is 1. The van der Waals surface area contributed by atoms with Crippen LogP contribution in [-0.2, 0) is 0 Å². The van der Waals surface area contributed by atoms with Crippen molar-refractivity contribution in [1.82, 2.24) is 9.97 Å². The molecule has 1 saturated carbocycles. The first-order valence-corrected chi connectivity index (χ1v) is 6.59. The van der Waals surface area contributed by atoms with Crippen LogP contribution in [0.1, 0.15) is 32.0 Å². The van der Waals surface area contributed by atoms with Gasteiger partial charge in [-0.2, -0.15) is 4.98 Å². The number of aromatic nitrogens is 2. The molecule has 1 fully saturated rings. The number of hydrogen-bond donors (Lipinski definition) is 2. The third-order valence-corrected chi connectivity index (χ3v) is 3.27. The maximum Gasteiger partial charge on any atom is 0.218 e. The maximum absolute atomic E-state index is 9.76. The van der Waals surface area contributed by atoms with Crippen LogP contribution in [0.5, 0.6) is 5.88 Å². The van der Waals surface area contributed by atoms with Crippen LogP contribution in [0.15, 0.2) is 6.07 Å². The van der Waals surface area contributed by atoms with Crippen molar-refractivity contribution in [3.8, 4) is 5.88 Å². The summed E-state index contributed by atoms with van der Waals surface area (Å²) in [7, 11) is 0. The summed E-state index contributed by atoms with van der Waals surface area (Å²) in [4.78, 5) is 8.51. The second-order valence-electron chi connectivity index (χ2n) is 4.71. The Morgan fingerprint density at radius 1 is 1.44 bits per heavy atom. The number of anilines is 1. The third-order valence-electron chi connectivity index (χ3n) is 3.27. The van der Waals surface area contributed by atoms with Gasteiger partial charge in [0.2, 0.25) is 5.88 Å². The molecule has 0 bridgehead atoms. The fourth-order valence-electron chi connectivity index (χ4n) is 2.34. The molecule has 2 rings (SSSR count). The number of nitrogens with one attached hydrogen (secondary N) is 1. The lowest BCUT2D eigenvalue weighted by Crippen LogP contribution is -2.22. The summed E-state index contributed by atoms with van der Waals surface area (Å²) in [5.74, 6) is 2.38. The number of ether oxygens (including phenoxy) is 1. The van der Waals surface area contributed by atoms with Crippen LogP contribution in [-0.4, -0.2) is 34.3 Å². The summed E-state index contributed by atoms with van der Waals surface area (Å²) in [5, 5.41) is 13.0. The molecule has 2 atom stereocenters. The Balaban J connectivity index is 1.95. The first-order chi connectivity index (χ1) is 8.69. The number of aliphatic hydroxyl groups excluding tert-OH is 1. The molecule has 5 heteroatoms. The monoisotopic (exact) mass is 251 g/mol. The molecule has 2 N–H and O–H groups in total. The van der Waals surface area contributed by atoms with Crippen LogP contribution in [0, 0.1) is 12.8 Å². The highest BCUT2D eigenvalue weighted by molar-refractivity contribution is 5.38. The van der Waals surface area contributed by atoms with E-state index in [-0.39, 0.29) is 6.10 Å². The van der Waals surface area contributed by atoms with Crippen molar-refractivity contribution in [2.45, 2.75) is 39.2 Å². The van der Waals surface area contributed by atoms with E-state index in [0.717, 1.165) is 31.6 Å². The number of hydrogen-bond acceptors (Lipinski definition) is 5. The van der Waals surface area contributed by atoms with Gasteiger partial charge in [-0.3, -0.25) is 0 Å². The molecule has 18 heavy (non-hydrogen) atoms. The lowest BCUT2D eigenvalue weighted by Gasteiger charge is -2.16. The van der Waals surface area contributed by atoms with Gasteiger partial charge in [-0.25, -0.2) is 4.98 Å². The largest absolute Gasteiger partial charge is 0.478 e. The summed E-state index contributed by atoms with van der Waals surface area (Å²) >= 11 is 0. The highest BCUT2D eigenvalue weighted by atomic mass is 16.5. The normalized spacial score (nSPS) is 23.1. The molecule has 0 saturated heterocycles. The summed E-state index contributed by atoms with van der Waals surface area (Å²) in [5.41, 5.74) is 0. The lowest BCUT2D eigenvalue weighted by molar-refractivity contribution is 0.138. The van der Waals surface area contributed by atoms with Crippen LogP contribution < -0.4 is 10.1 Å². The van der Waals surface area contributed by atoms with Crippen molar-refractivity contribution >= 4 is 5.82 Å². The van der Waals surface area contributed by atoms with Gasteiger partial charge in [-0.1, -0.05) is 6.42 Å². The average molecular weight is 251 g/mol. The van der Waals surface area contributed by atoms with E-state index in [1.165, 1.54) is 0 Å². The molecule has 0 radical (unpaired) electrons. The Hall–Kier alpha value is -1.36. The smallest absolute Gasteiger partial charge is 0.218 e. The van der Waals surface area contributed by atoms with Crippen molar-refractivity contribution in [3.05, 3.63) is 11.9 Å². The molecule has 5 nitrogen and oxygen atoms in total. The van der Waals surface area contributed by atoms with E-state index < -0.39 is 0 Å². The minimum absolute atomic E-state index is 0.174. The predicted molar refractivity (Wildman–Crippen MR) is 69.8 cm³/mol. The quantitative estimate of drug-likeness (QED) is 0.834. The molecule has 0 spiro atoms. The van der Waals surface area contributed by atoms with E-state index in [4.69, 9.17) is 4.74 Å². The van der Waals surface area contributed by atoms with E-state index in [9.17, 15) is 5.11 Å². The molecular formula is C13H21N3O2. The van der Waals surface area contributed by atoms with Crippen molar-refractivity contribution < 1.29 is 9.84 Å². The summed E-state index contributed by atoms with van der Waals surface area (Å²) in [6.07, 6.45) is 2.93. The third kappa shape index (κ3) is 3.32. The van der Waals surface area contributed by atoms with Crippen LogP contribution >= 0.6 is 0 Å². The Morgan fingerprint density at radius 3 is 2.94 bits per heavy atom. The minimum atomic E-state index is -0.174. The maximum atomic E-state index is 9.76. The topological polar surface area (TPSA) is 67.3 Å². The van der Waals surface area contributed by atoms with Gasteiger partial charge < -0.3 is 15.2 Å². The van der Waals surface area contributed by atoms with E-state index in [1.54, 1.807) is 6.07 Å². The zero-order valence-corrected chi connectivity index (χ0v) is 11.0.